The second kappa shape index (κ2) is 20.4. The predicted octanol–water partition coefficient (Wildman–Crippen LogP) is 4.61. The molecule has 0 radical (unpaired) electrons. The van der Waals surface area contributed by atoms with Gasteiger partial charge in [0, 0.05) is 105 Å². The van der Waals surface area contributed by atoms with Crippen LogP contribution in [0.15, 0.2) is 95.1 Å². The van der Waals surface area contributed by atoms with Gasteiger partial charge in [-0.1, -0.05) is 30.0 Å². The van der Waals surface area contributed by atoms with Gasteiger partial charge in [0.1, 0.15) is 22.7 Å². The van der Waals surface area contributed by atoms with Gasteiger partial charge in [-0.3, -0.25) is 34.2 Å². The number of hydrogen-bond donors (Lipinski definition) is 4. The summed E-state index contributed by atoms with van der Waals surface area (Å²) in [6, 6.07) is 20.7. The number of rotatable bonds is 12. The van der Waals surface area contributed by atoms with Crippen molar-refractivity contribution in [3.8, 4) is 0 Å². The third-order valence-electron chi connectivity index (χ3n) is 14.3. The van der Waals surface area contributed by atoms with E-state index in [2.05, 4.69) is 62.6 Å². The van der Waals surface area contributed by atoms with Gasteiger partial charge in [0.2, 0.25) is 11.8 Å². The van der Waals surface area contributed by atoms with Crippen LogP contribution >= 0.6 is 11.8 Å². The Labute approximate surface area is 414 Å². The molecule has 0 spiro atoms. The Bertz CT molecular complexity index is 2830. The summed E-state index contributed by atoms with van der Waals surface area (Å²) in [4.78, 5) is 84.0. The number of aromatic nitrogens is 4. The first-order valence-corrected chi connectivity index (χ1v) is 25.0. The van der Waals surface area contributed by atoms with Gasteiger partial charge >= 0.3 is 0 Å². The van der Waals surface area contributed by atoms with Crippen LogP contribution in [-0.2, 0) is 22.7 Å². The maximum Gasteiger partial charge on any atom is 0.272 e. The van der Waals surface area contributed by atoms with Crippen molar-refractivity contribution in [3.05, 3.63) is 119 Å². The number of fused-ring (bicyclic) bond motifs is 1. The molecule has 7 heterocycles. The lowest BCUT2D eigenvalue weighted by atomic mass is 9.91. The maximum atomic E-state index is 15.6. The van der Waals surface area contributed by atoms with Gasteiger partial charge in [-0.15, -0.1) is 10.2 Å². The Morgan fingerprint density at radius 1 is 0.817 bits per heavy atom. The van der Waals surface area contributed by atoms with Crippen LogP contribution in [0.5, 0.6) is 0 Å². The molecule has 20 heteroatoms. The lowest BCUT2D eigenvalue weighted by Gasteiger charge is -2.43. The van der Waals surface area contributed by atoms with Gasteiger partial charge in [0.15, 0.2) is 11.5 Å². The Morgan fingerprint density at radius 2 is 1.61 bits per heavy atom. The normalized spacial score (nSPS) is 19.6. The monoisotopic (exact) mass is 981 g/mol. The number of piperazine rings is 1. The molecule has 4 saturated heterocycles. The van der Waals surface area contributed by atoms with Gasteiger partial charge < -0.3 is 36.0 Å². The largest absolute Gasteiger partial charge is 0.371 e. The molecular weight excluding hydrogens is 926 g/mol. The summed E-state index contributed by atoms with van der Waals surface area (Å²) in [6.07, 6.45) is 7.67. The van der Waals surface area contributed by atoms with E-state index in [1.165, 1.54) is 22.7 Å². The maximum absolute atomic E-state index is 15.6. The summed E-state index contributed by atoms with van der Waals surface area (Å²) in [7, 11) is 0. The van der Waals surface area contributed by atoms with E-state index in [1.54, 1.807) is 42.7 Å². The SMILES string of the molecule is CC1(N)CCN(c2cnc(Sc3cccc(NC(=O)c4ccc(N5CCC(N6CCN(c7ccc(C(=O)NCc8ccc9c(c8)CN(C8CCC(=O)NC8=O)C9=O)nn7)CC6)CC5)cc4F)c3)cn2)CC1. The number of halogens is 1. The summed E-state index contributed by atoms with van der Waals surface area (Å²) in [6.45, 7) is 9.00. The molecule has 18 nitrogen and oxygen atoms in total. The summed E-state index contributed by atoms with van der Waals surface area (Å²) in [5.74, 6) is -0.968. The van der Waals surface area contributed by atoms with Crippen molar-refractivity contribution < 1.29 is 28.4 Å². The number of piperidine rings is 3. The first kappa shape index (κ1) is 47.6. The van der Waals surface area contributed by atoms with Crippen molar-refractivity contribution in [2.45, 2.75) is 86.1 Å². The van der Waals surface area contributed by atoms with Gasteiger partial charge in [0.25, 0.3) is 17.7 Å². The molecule has 5 aliphatic heterocycles. The average molecular weight is 982 g/mol. The topological polar surface area (TPSA) is 215 Å². The van der Waals surface area contributed by atoms with E-state index in [9.17, 15) is 24.0 Å². The molecule has 368 valence electrons. The summed E-state index contributed by atoms with van der Waals surface area (Å²) in [5, 5.41) is 17.4. The fraction of sp³-hybridized carbons (Fsp3) is 0.392. The van der Waals surface area contributed by atoms with E-state index in [1.807, 2.05) is 36.4 Å². The zero-order valence-corrected chi connectivity index (χ0v) is 40.3. The molecule has 1 atom stereocenters. The Kier molecular flexibility index (Phi) is 13.7. The highest BCUT2D eigenvalue weighted by Gasteiger charge is 2.39. The van der Waals surface area contributed by atoms with E-state index in [4.69, 9.17) is 5.73 Å². The molecule has 2 aromatic heterocycles. The average Bonchev–Trinajstić information content (AvgIpc) is 3.70. The van der Waals surface area contributed by atoms with Crippen LogP contribution in [0.3, 0.4) is 0 Å². The number of hydrogen-bond acceptors (Lipinski definition) is 15. The number of carbonyl (C=O) groups is 5. The Hall–Kier alpha value is -7.03. The van der Waals surface area contributed by atoms with Crippen LogP contribution in [0, 0.1) is 5.82 Å². The Balaban J connectivity index is 0.650. The lowest BCUT2D eigenvalue weighted by molar-refractivity contribution is -0.136. The molecule has 71 heavy (non-hydrogen) atoms. The minimum Gasteiger partial charge on any atom is -0.371 e. The fourth-order valence-electron chi connectivity index (χ4n) is 10.0. The molecule has 4 fully saturated rings. The first-order valence-electron chi connectivity index (χ1n) is 24.2. The lowest BCUT2D eigenvalue weighted by Crippen LogP contribution is -2.53. The smallest absolute Gasteiger partial charge is 0.272 e. The number of amides is 5. The molecule has 5 N–H and O–H groups in total. The second-order valence-electron chi connectivity index (χ2n) is 19.2. The number of carbonyl (C=O) groups excluding carboxylic acids is 5. The van der Waals surface area contributed by atoms with E-state index < -0.39 is 23.7 Å². The van der Waals surface area contributed by atoms with Crippen LogP contribution in [0.4, 0.5) is 27.4 Å². The molecule has 0 saturated carbocycles. The molecule has 1 unspecified atom stereocenters. The summed E-state index contributed by atoms with van der Waals surface area (Å²) < 4.78 is 15.6. The fourth-order valence-corrected chi connectivity index (χ4v) is 10.8. The molecule has 10 rings (SSSR count). The van der Waals surface area contributed by atoms with Gasteiger partial charge in [-0.2, -0.15) is 0 Å². The van der Waals surface area contributed by atoms with Crippen LogP contribution in [0.2, 0.25) is 0 Å². The number of nitrogens with one attached hydrogen (secondary N) is 3. The predicted molar refractivity (Wildman–Crippen MR) is 266 cm³/mol. The molecule has 0 aliphatic carbocycles. The molecule has 5 aliphatic rings. The van der Waals surface area contributed by atoms with Crippen LogP contribution in [0.1, 0.15) is 87.8 Å². The number of nitrogens with zero attached hydrogens (tertiary/aromatic N) is 9. The van der Waals surface area contributed by atoms with E-state index in [0.717, 1.165) is 111 Å². The zero-order valence-electron chi connectivity index (χ0n) is 39.5. The molecule has 5 amide bonds. The van der Waals surface area contributed by atoms with Gasteiger partial charge in [-0.05, 0) is 105 Å². The van der Waals surface area contributed by atoms with E-state index in [0.29, 0.717) is 29.5 Å². The first-order chi connectivity index (χ1) is 34.3. The van der Waals surface area contributed by atoms with Crippen LogP contribution in [-0.4, -0.2) is 129 Å². The number of anilines is 4. The third kappa shape index (κ3) is 10.8. The van der Waals surface area contributed by atoms with Gasteiger partial charge in [0.05, 0.1) is 18.0 Å². The molecular formula is C51H56FN13O5S. The molecule has 5 aromatic rings. The van der Waals surface area contributed by atoms with Crippen LogP contribution < -0.4 is 36.4 Å². The standard InChI is InChI=1S/C51H56FN13O5S/c1-51(53)15-19-63(20-16-51)44-29-55-46(30-54-44)71-37-4-2-3-34(26-37)57-47(67)39-8-6-36(27-40(39)52)61-17-13-35(14-18-61)62-21-23-64(24-22-62)43-11-9-41(59-60-43)48(68)56-28-32-5-7-38-33(25-32)31-65(50(38)70)42-10-12-45(66)58-49(42)69/h2-9,11,25-27,29-30,35,42H,10,12-24,28,31,53H2,1H3,(H,56,68)(H,57,67)(H,58,66,69). The minimum atomic E-state index is -0.689. The number of imide groups is 1. The van der Waals surface area contributed by atoms with Crippen molar-refractivity contribution in [1.82, 2.24) is 40.6 Å². The highest BCUT2D eigenvalue weighted by molar-refractivity contribution is 7.99. The minimum absolute atomic E-state index is 0.0219. The van der Waals surface area contributed by atoms with Crippen molar-refractivity contribution in [1.29, 1.82) is 0 Å². The molecule has 0 bridgehead atoms. The van der Waals surface area contributed by atoms with Gasteiger partial charge in [-0.25, -0.2) is 14.4 Å². The highest BCUT2D eigenvalue weighted by atomic mass is 32.2. The third-order valence-corrected chi connectivity index (χ3v) is 15.2. The van der Waals surface area contributed by atoms with Crippen molar-refractivity contribution >= 4 is 64.3 Å². The summed E-state index contributed by atoms with van der Waals surface area (Å²) >= 11 is 1.43. The molecule has 3 aromatic carbocycles. The van der Waals surface area contributed by atoms with Crippen molar-refractivity contribution in [2.75, 3.05) is 72.4 Å². The van der Waals surface area contributed by atoms with E-state index in [-0.39, 0.29) is 54.0 Å². The zero-order chi connectivity index (χ0) is 49.2. The highest BCUT2D eigenvalue weighted by Crippen LogP contribution is 2.32. The van der Waals surface area contributed by atoms with E-state index >= 15 is 4.39 Å². The van der Waals surface area contributed by atoms with Crippen molar-refractivity contribution in [3.63, 3.8) is 0 Å². The Morgan fingerprint density at radius 3 is 2.32 bits per heavy atom. The summed E-state index contributed by atoms with van der Waals surface area (Å²) in [5.41, 5.74) is 9.69. The quantitative estimate of drug-likeness (QED) is 0.126. The van der Waals surface area contributed by atoms with Crippen molar-refractivity contribution in [2.24, 2.45) is 5.73 Å². The van der Waals surface area contributed by atoms with Crippen LogP contribution in [0.25, 0.3) is 0 Å². The number of nitrogens with two attached hydrogens (primary N) is 1. The number of benzene rings is 3. The second-order valence-corrected chi connectivity index (χ2v) is 20.3.